The highest BCUT2D eigenvalue weighted by Gasteiger charge is 2.49. The highest BCUT2D eigenvalue weighted by atomic mass is 16.5. The van der Waals surface area contributed by atoms with Crippen LogP contribution in [-0.2, 0) is 4.74 Å². The SMILES string of the molecule is C=C(C)C12/C=C/C(C)(O)CC/C=C(\C)CCC(O)C(C)(CC1)O2. The molecule has 0 aromatic carbocycles. The van der Waals surface area contributed by atoms with Crippen molar-refractivity contribution >= 4 is 0 Å². The largest absolute Gasteiger partial charge is 0.390 e. The summed E-state index contributed by atoms with van der Waals surface area (Å²) in [6.45, 7) is 12.0. The van der Waals surface area contributed by atoms with E-state index in [1.165, 1.54) is 5.57 Å². The van der Waals surface area contributed by atoms with Crippen molar-refractivity contribution in [3.05, 3.63) is 36.0 Å². The van der Waals surface area contributed by atoms with Gasteiger partial charge in [-0.1, -0.05) is 24.3 Å². The second-order valence-corrected chi connectivity index (χ2v) is 7.92. The summed E-state index contributed by atoms with van der Waals surface area (Å²) in [5, 5.41) is 21.3. The molecule has 0 aliphatic carbocycles. The smallest absolute Gasteiger partial charge is 0.108 e. The molecule has 3 heteroatoms. The van der Waals surface area contributed by atoms with Crippen molar-refractivity contribution in [2.75, 3.05) is 0 Å². The van der Waals surface area contributed by atoms with Crippen molar-refractivity contribution < 1.29 is 14.9 Å². The number of rotatable bonds is 1. The van der Waals surface area contributed by atoms with Gasteiger partial charge in [-0.3, -0.25) is 0 Å². The van der Waals surface area contributed by atoms with Gasteiger partial charge in [-0.05, 0) is 77.9 Å². The van der Waals surface area contributed by atoms with E-state index in [9.17, 15) is 10.2 Å². The van der Waals surface area contributed by atoms with E-state index >= 15 is 0 Å². The highest BCUT2D eigenvalue weighted by Crippen LogP contribution is 2.45. The van der Waals surface area contributed by atoms with Gasteiger partial charge < -0.3 is 14.9 Å². The Kier molecular flexibility index (Phi) is 5.24. The van der Waals surface area contributed by atoms with Gasteiger partial charge in [0.05, 0.1) is 17.3 Å². The minimum absolute atomic E-state index is 0.498. The minimum atomic E-state index is -0.867. The second-order valence-electron chi connectivity index (χ2n) is 7.92. The van der Waals surface area contributed by atoms with E-state index in [4.69, 9.17) is 4.74 Å². The lowest BCUT2D eigenvalue weighted by Crippen LogP contribution is -2.42. The van der Waals surface area contributed by atoms with Crippen LogP contribution in [0, 0.1) is 0 Å². The lowest BCUT2D eigenvalue weighted by Gasteiger charge is -2.35. The first-order valence-electron chi connectivity index (χ1n) is 8.71. The summed E-state index contributed by atoms with van der Waals surface area (Å²) in [6.07, 6.45) is 10.1. The Labute approximate surface area is 140 Å². The first-order valence-corrected chi connectivity index (χ1v) is 8.71. The second kappa shape index (κ2) is 6.54. The lowest BCUT2D eigenvalue weighted by atomic mass is 9.86. The summed E-state index contributed by atoms with van der Waals surface area (Å²) in [5.41, 5.74) is 0.161. The van der Waals surface area contributed by atoms with E-state index < -0.39 is 22.9 Å². The van der Waals surface area contributed by atoms with Gasteiger partial charge in [0.2, 0.25) is 0 Å². The van der Waals surface area contributed by atoms with E-state index in [0.717, 1.165) is 31.3 Å². The molecule has 2 aliphatic rings. The Balaban J connectivity index is 2.37. The van der Waals surface area contributed by atoms with E-state index in [1.54, 1.807) is 0 Å². The molecule has 0 saturated carbocycles. The number of ether oxygens (including phenoxy) is 1. The third-order valence-electron chi connectivity index (χ3n) is 5.50. The molecule has 0 aromatic heterocycles. The van der Waals surface area contributed by atoms with E-state index in [0.29, 0.717) is 12.8 Å². The fourth-order valence-electron chi connectivity index (χ4n) is 3.53. The zero-order valence-corrected chi connectivity index (χ0v) is 15.1. The Morgan fingerprint density at radius 3 is 2.61 bits per heavy atom. The van der Waals surface area contributed by atoms with Crippen LogP contribution in [0.1, 0.15) is 66.2 Å². The molecule has 2 rings (SSSR count). The van der Waals surface area contributed by atoms with Crippen molar-refractivity contribution in [3.63, 3.8) is 0 Å². The average molecular weight is 320 g/mol. The normalized spacial score (nSPS) is 46.0. The molecule has 2 bridgehead atoms. The fourth-order valence-corrected chi connectivity index (χ4v) is 3.53. The third kappa shape index (κ3) is 4.14. The number of aliphatic hydroxyl groups is 2. The maximum atomic E-state index is 10.7. The summed E-state index contributed by atoms with van der Waals surface area (Å²) < 4.78 is 6.39. The van der Waals surface area contributed by atoms with Crippen molar-refractivity contribution in [2.45, 2.75) is 89.1 Å². The molecule has 2 heterocycles. The predicted molar refractivity (Wildman–Crippen MR) is 94.3 cm³/mol. The molecule has 1 saturated heterocycles. The zero-order chi connectivity index (χ0) is 17.3. The third-order valence-corrected chi connectivity index (χ3v) is 5.50. The van der Waals surface area contributed by atoms with Crippen LogP contribution in [0.5, 0.6) is 0 Å². The quantitative estimate of drug-likeness (QED) is 0.716. The van der Waals surface area contributed by atoms with Crippen molar-refractivity contribution in [3.8, 4) is 0 Å². The molecule has 0 spiro atoms. The molecule has 0 radical (unpaired) electrons. The monoisotopic (exact) mass is 320 g/mol. The average Bonchev–Trinajstić information content (AvgIpc) is 2.82. The van der Waals surface area contributed by atoms with Crippen LogP contribution in [0.4, 0.5) is 0 Å². The summed E-state index contributed by atoms with van der Waals surface area (Å²) >= 11 is 0. The van der Waals surface area contributed by atoms with Gasteiger partial charge in [-0.2, -0.15) is 0 Å². The van der Waals surface area contributed by atoms with Gasteiger partial charge in [0.25, 0.3) is 0 Å². The minimum Gasteiger partial charge on any atom is -0.390 e. The molecule has 2 N–H and O–H groups in total. The number of aliphatic hydroxyl groups excluding tert-OH is 1. The van der Waals surface area contributed by atoms with Crippen LogP contribution >= 0.6 is 0 Å². The molecular weight excluding hydrogens is 288 g/mol. The van der Waals surface area contributed by atoms with Gasteiger partial charge in [0, 0.05) is 0 Å². The number of allylic oxidation sites excluding steroid dienone is 2. The number of fused-ring (bicyclic) bond motifs is 2. The van der Waals surface area contributed by atoms with Crippen LogP contribution < -0.4 is 0 Å². The highest BCUT2D eigenvalue weighted by molar-refractivity contribution is 5.26. The van der Waals surface area contributed by atoms with E-state index in [2.05, 4.69) is 19.6 Å². The Morgan fingerprint density at radius 1 is 1.26 bits per heavy atom. The van der Waals surface area contributed by atoms with Crippen LogP contribution in [-0.4, -0.2) is 33.1 Å². The fraction of sp³-hybridized carbons (Fsp3) is 0.700. The van der Waals surface area contributed by atoms with Crippen molar-refractivity contribution in [1.29, 1.82) is 0 Å². The summed E-state index contributed by atoms with van der Waals surface area (Å²) in [4.78, 5) is 0. The van der Waals surface area contributed by atoms with Crippen molar-refractivity contribution in [1.82, 2.24) is 0 Å². The van der Waals surface area contributed by atoms with Crippen LogP contribution in [0.3, 0.4) is 0 Å². The van der Waals surface area contributed by atoms with Gasteiger partial charge >= 0.3 is 0 Å². The maximum absolute atomic E-state index is 10.7. The van der Waals surface area contributed by atoms with Crippen LogP contribution in [0.25, 0.3) is 0 Å². The molecule has 4 unspecified atom stereocenters. The van der Waals surface area contributed by atoms with E-state index in [-0.39, 0.29) is 0 Å². The molecular formula is C20H32O3. The van der Waals surface area contributed by atoms with Crippen LogP contribution in [0.2, 0.25) is 0 Å². The maximum Gasteiger partial charge on any atom is 0.108 e. The lowest BCUT2D eigenvalue weighted by molar-refractivity contribution is -0.120. The summed E-state index contributed by atoms with van der Waals surface area (Å²) in [6, 6.07) is 0. The molecule has 2 aliphatic heterocycles. The predicted octanol–water partition coefficient (Wildman–Crippen LogP) is 4.06. The Bertz CT molecular complexity index is 517. The number of hydrogen-bond donors (Lipinski definition) is 2. The molecule has 0 amide bonds. The van der Waals surface area contributed by atoms with Gasteiger partial charge in [-0.15, -0.1) is 0 Å². The van der Waals surface area contributed by atoms with Gasteiger partial charge in [0.15, 0.2) is 0 Å². The zero-order valence-electron chi connectivity index (χ0n) is 15.1. The molecule has 23 heavy (non-hydrogen) atoms. The van der Waals surface area contributed by atoms with Crippen LogP contribution in [0.15, 0.2) is 36.0 Å². The molecule has 130 valence electrons. The van der Waals surface area contributed by atoms with E-state index in [1.807, 2.05) is 32.9 Å². The Morgan fingerprint density at radius 2 is 1.96 bits per heavy atom. The summed E-state index contributed by atoms with van der Waals surface area (Å²) in [5.74, 6) is 0. The standard InChI is InChI=1S/C20H32O3/c1-15(2)20-13-11-18(4,22)10-6-7-16(3)8-9-17(21)19(5,23-20)12-14-20/h7,11,13,17,21-22H,1,6,8-10,12,14H2,2-5H3/b13-11+,16-7+. The summed E-state index contributed by atoms with van der Waals surface area (Å²) in [7, 11) is 0. The molecule has 4 atom stereocenters. The Hall–Kier alpha value is -0.900. The molecule has 3 nitrogen and oxygen atoms in total. The topological polar surface area (TPSA) is 49.7 Å². The van der Waals surface area contributed by atoms with Gasteiger partial charge in [-0.25, -0.2) is 0 Å². The van der Waals surface area contributed by atoms with Crippen molar-refractivity contribution in [2.24, 2.45) is 0 Å². The number of hydrogen-bond acceptors (Lipinski definition) is 3. The molecule has 0 aromatic rings. The van der Waals surface area contributed by atoms with Gasteiger partial charge in [0.1, 0.15) is 5.60 Å². The molecule has 1 fully saturated rings. The first-order chi connectivity index (χ1) is 10.6. The first kappa shape index (κ1) is 18.4.